The van der Waals surface area contributed by atoms with E-state index in [1.54, 1.807) is 0 Å². The highest BCUT2D eigenvalue weighted by atomic mass is 35.5. The third-order valence-corrected chi connectivity index (χ3v) is 5.16. The summed E-state index contributed by atoms with van der Waals surface area (Å²) in [6, 6.07) is 16.2. The number of piperazine rings is 1. The molecule has 26 heavy (non-hydrogen) atoms. The Morgan fingerprint density at radius 3 is 2.54 bits per heavy atom. The molecule has 2 aromatic rings. The second-order valence-electron chi connectivity index (χ2n) is 6.49. The van der Waals surface area contributed by atoms with Crippen LogP contribution in [0.25, 0.3) is 6.08 Å². The van der Waals surface area contributed by atoms with E-state index in [9.17, 15) is 0 Å². The molecule has 136 valence electrons. The molecule has 1 aliphatic heterocycles. The average Bonchev–Trinajstić information content (AvgIpc) is 2.65. The summed E-state index contributed by atoms with van der Waals surface area (Å²) < 4.78 is 0. The summed E-state index contributed by atoms with van der Waals surface area (Å²) in [6.07, 6.45) is 4.42. The van der Waals surface area contributed by atoms with E-state index in [4.69, 9.17) is 23.8 Å². The Hall–Kier alpha value is -1.88. The van der Waals surface area contributed by atoms with E-state index in [0.29, 0.717) is 0 Å². The Balaban J connectivity index is 1.45. The van der Waals surface area contributed by atoms with Crippen molar-refractivity contribution in [3.05, 3.63) is 70.8 Å². The number of nitrogens with one attached hydrogen (secondary N) is 1. The molecule has 0 spiro atoms. The molecule has 1 fully saturated rings. The van der Waals surface area contributed by atoms with Gasteiger partial charge in [-0.1, -0.05) is 54.1 Å². The molecule has 0 radical (unpaired) electrons. The zero-order valence-electron chi connectivity index (χ0n) is 15.0. The van der Waals surface area contributed by atoms with Gasteiger partial charge in [-0.25, -0.2) is 0 Å². The van der Waals surface area contributed by atoms with Crippen LogP contribution in [0.4, 0.5) is 5.69 Å². The van der Waals surface area contributed by atoms with Gasteiger partial charge in [0.1, 0.15) is 0 Å². The maximum absolute atomic E-state index is 6.02. The van der Waals surface area contributed by atoms with E-state index in [1.165, 1.54) is 5.56 Å². The number of rotatable bonds is 4. The Kier molecular flexibility index (Phi) is 6.67. The molecule has 0 aliphatic carbocycles. The molecule has 1 N–H and O–H groups in total. The Morgan fingerprint density at radius 1 is 1.12 bits per heavy atom. The van der Waals surface area contributed by atoms with Gasteiger partial charge in [0.15, 0.2) is 5.11 Å². The molecule has 1 saturated heterocycles. The van der Waals surface area contributed by atoms with E-state index in [-0.39, 0.29) is 0 Å². The lowest BCUT2D eigenvalue weighted by Crippen LogP contribution is -2.49. The first-order valence-electron chi connectivity index (χ1n) is 8.88. The van der Waals surface area contributed by atoms with Crippen molar-refractivity contribution in [3.8, 4) is 0 Å². The van der Waals surface area contributed by atoms with Crippen molar-refractivity contribution >= 4 is 40.7 Å². The van der Waals surface area contributed by atoms with Crippen molar-refractivity contribution in [2.45, 2.75) is 6.92 Å². The number of nitrogens with zero attached hydrogens (tertiary/aromatic N) is 2. The van der Waals surface area contributed by atoms with Crippen molar-refractivity contribution in [2.24, 2.45) is 0 Å². The minimum atomic E-state index is 0.746. The fraction of sp³-hybridized carbons (Fsp3) is 0.286. The summed E-state index contributed by atoms with van der Waals surface area (Å²) in [6.45, 7) is 6.92. The van der Waals surface area contributed by atoms with Crippen LogP contribution in [-0.2, 0) is 0 Å². The first-order valence-corrected chi connectivity index (χ1v) is 9.66. The Morgan fingerprint density at radius 2 is 1.85 bits per heavy atom. The number of halogens is 1. The van der Waals surface area contributed by atoms with Crippen LogP contribution in [0.5, 0.6) is 0 Å². The molecule has 3 rings (SSSR count). The number of aryl methyl sites for hydroxylation is 1. The van der Waals surface area contributed by atoms with E-state index in [1.807, 2.05) is 31.2 Å². The molecule has 0 unspecified atom stereocenters. The van der Waals surface area contributed by atoms with Crippen LogP contribution in [0.15, 0.2) is 54.6 Å². The minimum absolute atomic E-state index is 0.746. The summed E-state index contributed by atoms with van der Waals surface area (Å²) in [5, 5.41) is 4.89. The largest absolute Gasteiger partial charge is 0.346 e. The van der Waals surface area contributed by atoms with Crippen LogP contribution in [0.3, 0.4) is 0 Å². The quantitative estimate of drug-likeness (QED) is 0.770. The fourth-order valence-corrected chi connectivity index (χ4v) is 3.52. The maximum atomic E-state index is 6.02. The number of benzene rings is 2. The number of hydrogen-bond donors (Lipinski definition) is 1. The third-order valence-electron chi connectivity index (χ3n) is 4.56. The van der Waals surface area contributed by atoms with Crippen LogP contribution in [0, 0.1) is 6.92 Å². The minimum Gasteiger partial charge on any atom is -0.346 e. The van der Waals surface area contributed by atoms with Crippen molar-refractivity contribution < 1.29 is 0 Å². The average molecular weight is 386 g/mol. The number of thiocarbonyl (C=S) groups is 1. The van der Waals surface area contributed by atoms with Crippen LogP contribution >= 0.6 is 23.8 Å². The van der Waals surface area contributed by atoms with Gasteiger partial charge in [0.2, 0.25) is 0 Å². The summed E-state index contributed by atoms with van der Waals surface area (Å²) in [7, 11) is 0. The molecule has 3 nitrogen and oxygen atoms in total. The molecule has 5 heteroatoms. The maximum Gasteiger partial charge on any atom is 0.173 e. The van der Waals surface area contributed by atoms with Crippen molar-refractivity contribution in [3.63, 3.8) is 0 Å². The Bertz CT molecular complexity index is 768. The molecule has 0 amide bonds. The molecule has 0 atom stereocenters. The molecule has 1 aliphatic rings. The van der Waals surface area contributed by atoms with Crippen LogP contribution in [0.1, 0.15) is 11.1 Å². The first-order chi connectivity index (χ1) is 12.6. The monoisotopic (exact) mass is 385 g/mol. The van der Waals surface area contributed by atoms with Gasteiger partial charge in [-0.15, -0.1) is 0 Å². The van der Waals surface area contributed by atoms with Gasteiger partial charge < -0.3 is 10.2 Å². The molecular formula is C21H24ClN3S. The van der Waals surface area contributed by atoms with E-state index >= 15 is 0 Å². The van der Waals surface area contributed by atoms with Gasteiger partial charge in [0.05, 0.1) is 0 Å². The standard InChI is InChI=1S/C21H24ClN3S/c1-17-16-19(22)9-10-20(17)23-21(26)25-14-12-24(13-15-25)11-5-8-18-6-3-2-4-7-18/h2-10,16H,11-15H2,1H3,(H,23,26)/b8-5-. The summed E-state index contributed by atoms with van der Waals surface area (Å²) in [5.41, 5.74) is 3.37. The van der Waals surface area contributed by atoms with Gasteiger partial charge in [-0.2, -0.15) is 0 Å². The number of hydrogen-bond acceptors (Lipinski definition) is 2. The molecule has 0 saturated carbocycles. The highest BCUT2D eigenvalue weighted by molar-refractivity contribution is 7.80. The lowest BCUT2D eigenvalue weighted by molar-refractivity contribution is 0.200. The zero-order valence-corrected chi connectivity index (χ0v) is 16.6. The van der Waals surface area contributed by atoms with Gasteiger partial charge in [-0.3, -0.25) is 4.90 Å². The fourth-order valence-electron chi connectivity index (χ4n) is 3.00. The van der Waals surface area contributed by atoms with E-state index in [0.717, 1.165) is 54.1 Å². The summed E-state index contributed by atoms with van der Waals surface area (Å²) >= 11 is 11.6. The van der Waals surface area contributed by atoms with Crippen molar-refractivity contribution in [1.29, 1.82) is 0 Å². The van der Waals surface area contributed by atoms with Gasteiger partial charge in [0, 0.05) is 43.4 Å². The third kappa shape index (κ3) is 5.31. The lowest BCUT2D eigenvalue weighted by Gasteiger charge is -2.35. The predicted octanol–water partition coefficient (Wildman–Crippen LogP) is 4.68. The predicted molar refractivity (Wildman–Crippen MR) is 116 cm³/mol. The topological polar surface area (TPSA) is 18.5 Å². The molecule has 2 aromatic carbocycles. The van der Waals surface area contributed by atoms with Crippen molar-refractivity contribution in [1.82, 2.24) is 9.80 Å². The zero-order chi connectivity index (χ0) is 18.4. The molecule has 0 bridgehead atoms. The Labute approximate surface area is 166 Å². The van der Waals surface area contributed by atoms with Gasteiger partial charge in [0.25, 0.3) is 0 Å². The summed E-state index contributed by atoms with van der Waals surface area (Å²) in [4.78, 5) is 4.69. The smallest absolute Gasteiger partial charge is 0.173 e. The van der Waals surface area contributed by atoms with Crippen LogP contribution in [0.2, 0.25) is 5.02 Å². The second-order valence-corrected chi connectivity index (χ2v) is 7.31. The van der Waals surface area contributed by atoms with Crippen molar-refractivity contribution in [2.75, 3.05) is 38.0 Å². The number of anilines is 1. The SMILES string of the molecule is Cc1cc(Cl)ccc1NC(=S)N1CCN(C/C=C\c2ccccc2)CC1. The van der Waals surface area contributed by atoms with E-state index < -0.39 is 0 Å². The molecule has 0 aromatic heterocycles. The second kappa shape index (κ2) is 9.17. The normalized spacial score (nSPS) is 15.4. The van der Waals surface area contributed by atoms with Gasteiger partial charge >= 0.3 is 0 Å². The van der Waals surface area contributed by atoms with Crippen LogP contribution < -0.4 is 5.32 Å². The summed E-state index contributed by atoms with van der Waals surface area (Å²) in [5.74, 6) is 0. The van der Waals surface area contributed by atoms with Gasteiger partial charge in [-0.05, 0) is 48.5 Å². The first kappa shape index (κ1) is 18.9. The molecular weight excluding hydrogens is 362 g/mol. The highest BCUT2D eigenvalue weighted by Gasteiger charge is 2.18. The van der Waals surface area contributed by atoms with Crippen LogP contribution in [-0.4, -0.2) is 47.6 Å². The lowest BCUT2D eigenvalue weighted by atomic mass is 10.2. The molecule has 1 heterocycles. The van der Waals surface area contributed by atoms with E-state index in [2.05, 4.69) is 51.5 Å². The highest BCUT2D eigenvalue weighted by Crippen LogP contribution is 2.20.